The van der Waals surface area contributed by atoms with E-state index in [1.807, 2.05) is 26.8 Å². The lowest BCUT2D eigenvalue weighted by Crippen LogP contribution is -2.40. The monoisotopic (exact) mass is 420 g/mol. The molecule has 2 aliphatic heterocycles. The van der Waals surface area contributed by atoms with Crippen LogP contribution in [0.15, 0.2) is 33.0 Å². The van der Waals surface area contributed by atoms with Crippen LogP contribution >= 0.6 is 0 Å². The molecule has 166 valence electrons. The fourth-order valence-corrected chi connectivity index (χ4v) is 4.58. The van der Waals surface area contributed by atoms with Gasteiger partial charge in [0, 0.05) is 5.56 Å². The van der Waals surface area contributed by atoms with Gasteiger partial charge in [0.05, 0.1) is 19.3 Å². The second-order valence-electron chi connectivity index (χ2n) is 9.06. The van der Waals surface area contributed by atoms with E-state index in [0.717, 1.165) is 0 Å². The van der Waals surface area contributed by atoms with E-state index in [9.17, 15) is 15.0 Å². The molecule has 0 bridgehead atoms. The Morgan fingerprint density at radius 1 is 1.33 bits per heavy atom. The molecule has 2 saturated heterocycles. The van der Waals surface area contributed by atoms with E-state index < -0.39 is 22.9 Å². The van der Waals surface area contributed by atoms with Gasteiger partial charge in [-0.15, -0.1) is 0 Å². The van der Waals surface area contributed by atoms with Crippen molar-refractivity contribution < 1.29 is 28.8 Å². The molecule has 2 N–H and O–H groups in total. The predicted octanol–water partition coefficient (Wildman–Crippen LogP) is 2.75. The summed E-state index contributed by atoms with van der Waals surface area (Å²) in [4.78, 5) is 11.8. The van der Waals surface area contributed by atoms with E-state index in [1.54, 1.807) is 20.8 Å². The van der Waals surface area contributed by atoms with Gasteiger partial charge in [0.2, 0.25) is 0 Å². The molecule has 7 heteroatoms. The van der Waals surface area contributed by atoms with Crippen molar-refractivity contribution in [1.29, 1.82) is 0 Å². The first-order chi connectivity index (χ1) is 13.7. The van der Waals surface area contributed by atoms with Crippen molar-refractivity contribution in [2.45, 2.75) is 83.6 Å². The second-order valence-corrected chi connectivity index (χ2v) is 9.06. The van der Waals surface area contributed by atoms with Crippen LogP contribution in [0.25, 0.3) is 5.57 Å². The molecule has 0 amide bonds. The van der Waals surface area contributed by atoms with E-state index >= 15 is 0 Å². The highest BCUT2D eigenvalue weighted by Gasteiger charge is 2.71. The number of fused-ring (bicyclic) bond motifs is 1. The van der Waals surface area contributed by atoms with Crippen LogP contribution in [-0.4, -0.2) is 52.4 Å². The van der Waals surface area contributed by atoms with Gasteiger partial charge in [-0.1, -0.05) is 0 Å². The Kier molecular flexibility index (Phi) is 5.56. The molecular formula is C23H32O7. The van der Waals surface area contributed by atoms with E-state index in [-0.39, 0.29) is 17.8 Å². The summed E-state index contributed by atoms with van der Waals surface area (Å²) < 4.78 is 22.4. The lowest BCUT2D eigenvalue weighted by molar-refractivity contribution is -0.0735. The highest BCUT2D eigenvalue weighted by molar-refractivity contribution is 5.65. The van der Waals surface area contributed by atoms with Crippen molar-refractivity contribution >= 4 is 5.57 Å². The number of aliphatic hydroxyl groups excluding tert-OH is 1. The minimum absolute atomic E-state index is 0.0599. The van der Waals surface area contributed by atoms with Gasteiger partial charge in [-0.2, -0.15) is 0 Å². The van der Waals surface area contributed by atoms with Crippen molar-refractivity contribution in [3.8, 4) is 5.75 Å². The first-order valence-corrected chi connectivity index (χ1v) is 10.1. The van der Waals surface area contributed by atoms with Crippen molar-refractivity contribution in [3.05, 3.63) is 45.5 Å². The minimum Gasteiger partial charge on any atom is -0.496 e. The molecule has 7 nitrogen and oxygen atoms in total. The van der Waals surface area contributed by atoms with Gasteiger partial charge in [0.1, 0.15) is 40.5 Å². The molecule has 3 heterocycles. The van der Waals surface area contributed by atoms with Crippen LogP contribution in [0.5, 0.6) is 5.75 Å². The third-order valence-electron chi connectivity index (χ3n) is 6.34. The largest absolute Gasteiger partial charge is 0.496 e. The predicted molar refractivity (Wildman–Crippen MR) is 113 cm³/mol. The van der Waals surface area contributed by atoms with Crippen LogP contribution < -0.4 is 10.4 Å². The van der Waals surface area contributed by atoms with Crippen LogP contribution in [0, 0.1) is 6.92 Å². The SMILES string of the molecule is COc1cc(=O)oc(/C(C)=C/[C@](C)(O)[C@H](O)/C(C)=C/[C@]2(C)O[C@H](C)[C@]3(C)O[C@H]32)c1C. The number of ether oxygens (including phenoxy) is 3. The van der Waals surface area contributed by atoms with Crippen LogP contribution in [0.1, 0.15) is 52.9 Å². The molecule has 3 rings (SSSR count). The number of epoxide rings is 1. The number of rotatable bonds is 6. The highest BCUT2D eigenvalue weighted by Crippen LogP contribution is 2.55. The normalized spacial score (nSPS) is 34.3. The maximum absolute atomic E-state index is 11.8. The Morgan fingerprint density at radius 2 is 1.97 bits per heavy atom. The third-order valence-corrected chi connectivity index (χ3v) is 6.34. The van der Waals surface area contributed by atoms with Crippen LogP contribution in [0.2, 0.25) is 0 Å². The molecule has 30 heavy (non-hydrogen) atoms. The summed E-state index contributed by atoms with van der Waals surface area (Å²) in [5, 5.41) is 21.9. The Hall–Kier alpha value is -1.93. The topological polar surface area (TPSA) is 102 Å². The Morgan fingerprint density at radius 3 is 2.47 bits per heavy atom. The zero-order chi connectivity index (χ0) is 22.6. The van der Waals surface area contributed by atoms with E-state index in [4.69, 9.17) is 18.6 Å². The number of hydrogen-bond donors (Lipinski definition) is 2. The summed E-state index contributed by atoms with van der Waals surface area (Å²) in [5.41, 5.74) is -1.45. The first kappa shape index (κ1) is 22.7. The zero-order valence-corrected chi connectivity index (χ0v) is 18.9. The number of aliphatic hydroxyl groups is 2. The van der Waals surface area contributed by atoms with Gasteiger partial charge >= 0.3 is 5.63 Å². The fraction of sp³-hybridized carbons (Fsp3) is 0.609. The summed E-state index contributed by atoms with van der Waals surface area (Å²) in [7, 11) is 1.47. The molecule has 0 spiro atoms. The standard InChI is InChI=1S/C23H32O7/c1-12(18-14(3)16(27-8)9-17(24)28-18)10-21(5,26)19(25)13(2)11-22(6)20-23(7,30-20)15(4)29-22/h9-11,15,19-20,25-26H,1-8H3/b12-10+,13-11+/t15-,19-,20+,21+,22+,23+/m1/s1. The van der Waals surface area contributed by atoms with Gasteiger partial charge in [-0.25, -0.2) is 4.79 Å². The third kappa shape index (κ3) is 3.75. The van der Waals surface area contributed by atoms with Crippen molar-refractivity contribution in [1.82, 2.24) is 0 Å². The molecule has 1 aromatic heterocycles. The van der Waals surface area contributed by atoms with Crippen LogP contribution in [-0.2, 0) is 9.47 Å². The average molecular weight is 421 g/mol. The van der Waals surface area contributed by atoms with E-state index in [1.165, 1.54) is 26.2 Å². The molecule has 2 aliphatic rings. The molecule has 2 fully saturated rings. The number of hydrogen-bond acceptors (Lipinski definition) is 7. The Bertz CT molecular complexity index is 957. The molecule has 1 aromatic rings. The molecule has 0 aromatic carbocycles. The first-order valence-electron chi connectivity index (χ1n) is 10.1. The average Bonchev–Trinajstić information content (AvgIpc) is 3.31. The quantitative estimate of drug-likeness (QED) is 0.539. The maximum Gasteiger partial charge on any atom is 0.339 e. The fourth-order valence-electron chi connectivity index (χ4n) is 4.58. The molecule has 6 atom stereocenters. The summed E-state index contributed by atoms with van der Waals surface area (Å²) >= 11 is 0. The van der Waals surface area contributed by atoms with Crippen molar-refractivity contribution in [2.75, 3.05) is 7.11 Å². The van der Waals surface area contributed by atoms with Crippen molar-refractivity contribution in [2.24, 2.45) is 0 Å². The van der Waals surface area contributed by atoms with E-state index in [0.29, 0.717) is 28.2 Å². The van der Waals surface area contributed by atoms with E-state index in [2.05, 4.69) is 0 Å². The van der Waals surface area contributed by atoms with Crippen molar-refractivity contribution in [3.63, 3.8) is 0 Å². The van der Waals surface area contributed by atoms with Gasteiger partial charge in [-0.05, 0) is 71.8 Å². The number of methoxy groups -OCH3 is 1. The summed E-state index contributed by atoms with van der Waals surface area (Å²) in [5.74, 6) is 0.702. The maximum atomic E-state index is 11.8. The summed E-state index contributed by atoms with van der Waals surface area (Å²) in [6.07, 6.45) is 1.96. The molecule has 0 radical (unpaired) electrons. The highest BCUT2D eigenvalue weighted by atomic mass is 16.7. The molecule has 0 saturated carbocycles. The molecular weight excluding hydrogens is 388 g/mol. The van der Waals surface area contributed by atoms with Gasteiger partial charge in [0.25, 0.3) is 0 Å². The Balaban J connectivity index is 1.88. The summed E-state index contributed by atoms with van der Waals surface area (Å²) in [6.45, 7) is 12.6. The summed E-state index contributed by atoms with van der Waals surface area (Å²) in [6, 6.07) is 1.27. The van der Waals surface area contributed by atoms with Gasteiger partial charge < -0.3 is 28.8 Å². The number of allylic oxidation sites excluding steroid dienone is 1. The van der Waals surface area contributed by atoms with Gasteiger partial charge in [0.15, 0.2) is 0 Å². The molecule has 0 aliphatic carbocycles. The zero-order valence-electron chi connectivity index (χ0n) is 18.9. The Labute approximate surface area is 177 Å². The minimum atomic E-state index is -1.62. The lowest BCUT2D eigenvalue weighted by atomic mass is 9.87. The second kappa shape index (κ2) is 7.34. The van der Waals surface area contributed by atoms with Crippen LogP contribution in [0.4, 0.5) is 0 Å². The van der Waals surface area contributed by atoms with Crippen LogP contribution in [0.3, 0.4) is 0 Å². The lowest BCUT2D eigenvalue weighted by Gasteiger charge is -2.30. The smallest absolute Gasteiger partial charge is 0.339 e. The van der Waals surface area contributed by atoms with Gasteiger partial charge in [-0.3, -0.25) is 0 Å². The molecule has 0 unspecified atom stereocenters.